The summed E-state index contributed by atoms with van der Waals surface area (Å²) in [4.78, 5) is 11.8. The number of nitrogens with zero attached hydrogens (tertiary/aromatic N) is 1. The lowest BCUT2D eigenvalue weighted by Crippen LogP contribution is -2.45. The fourth-order valence-corrected chi connectivity index (χ4v) is 4.22. The molecule has 2 aliphatic rings. The summed E-state index contributed by atoms with van der Waals surface area (Å²) in [5, 5.41) is 0. The predicted octanol–water partition coefficient (Wildman–Crippen LogP) is 1.76. The summed E-state index contributed by atoms with van der Waals surface area (Å²) in [5.74, 6) is -3.74. The first kappa shape index (κ1) is 13.9. The molecule has 7 heteroatoms. The van der Waals surface area contributed by atoms with Crippen molar-refractivity contribution >= 4 is 15.8 Å². The number of sulfonamides is 1. The van der Waals surface area contributed by atoms with E-state index in [1.165, 1.54) is 0 Å². The van der Waals surface area contributed by atoms with Gasteiger partial charge in [0.1, 0.15) is 5.78 Å². The van der Waals surface area contributed by atoms with Crippen LogP contribution in [0.2, 0.25) is 0 Å². The normalized spacial score (nSPS) is 31.2. The van der Waals surface area contributed by atoms with E-state index in [0.717, 1.165) is 17.1 Å². The number of ketones is 1. The van der Waals surface area contributed by atoms with E-state index in [4.69, 9.17) is 0 Å². The van der Waals surface area contributed by atoms with Crippen LogP contribution in [0, 0.1) is 5.92 Å². The standard InChI is InChI=1S/C11H17F2NO3S/c12-11(13)18(16,17)14-7-3-5-9(14)8-4-1-2-6-10(8)15/h8-9,11H,1-7H2. The molecule has 4 nitrogen and oxygen atoms in total. The fraction of sp³-hybridized carbons (Fsp3) is 0.909. The number of halogens is 2. The predicted molar refractivity (Wildman–Crippen MR) is 61.6 cm³/mol. The number of hydrogen-bond donors (Lipinski definition) is 0. The SMILES string of the molecule is O=C1CCCCC1C1CCCN1S(=O)(=O)C(F)F. The van der Waals surface area contributed by atoms with Crippen LogP contribution in [0.5, 0.6) is 0 Å². The van der Waals surface area contributed by atoms with E-state index in [-0.39, 0.29) is 18.2 Å². The first-order valence-corrected chi connectivity index (χ1v) is 7.76. The lowest BCUT2D eigenvalue weighted by molar-refractivity contribution is -0.126. The maximum atomic E-state index is 12.6. The quantitative estimate of drug-likeness (QED) is 0.792. The van der Waals surface area contributed by atoms with E-state index in [2.05, 4.69) is 0 Å². The average molecular weight is 281 g/mol. The highest BCUT2D eigenvalue weighted by atomic mass is 32.2. The Hall–Kier alpha value is -0.560. The second-order valence-corrected chi connectivity index (χ2v) is 6.80. The molecule has 104 valence electrons. The molecule has 0 aromatic heterocycles. The molecular formula is C11H17F2NO3S. The number of rotatable bonds is 3. The van der Waals surface area contributed by atoms with Crippen molar-refractivity contribution in [3.05, 3.63) is 0 Å². The smallest absolute Gasteiger partial charge is 0.299 e. The average Bonchev–Trinajstić information content (AvgIpc) is 2.78. The Kier molecular flexibility index (Phi) is 4.01. The van der Waals surface area contributed by atoms with Crippen LogP contribution in [0.25, 0.3) is 0 Å². The molecule has 0 amide bonds. The van der Waals surface area contributed by atoms with E-state index >= 15 is 0 Å². The highest BCUT2D eigenvalue weighted by molar-refractivity contribution is 7.89. The van der Waals surface area contributed by atoms with Gasteiger partial charge < -0.3 is 0 Å². The maximum absolute atomic E-state index is 12.6. The van der Waals surface area contributed by atoms with Crippen LogP contribution in [-0.2, 0) is 14.8 Å². The van der Waals surface area contributed by atoms with Gasteiger partial charge in [-0.25, -0.2) is 8.42 Å². The van der Waals surface area contributed by atoms with Crippen LogP contribution in [-0.4, -0.2) is 36.9 Å². The third kappa shape index (κ3) is 2.42. The van der Waals surface area contributed by atoms with Crippen LogP contribution in [0.4, 0.5) is 8.78 Å². The minimum absolute atomic E-state index is 0.0302. The summed E-state index contributed by atoms with van der Waals surface area (Å²) in [6, 6.07) is -0.545. The van der Waals surface area contributed by atoms with Gasteiger partial charge in [0.05, 0.1) is 0 Å². The molecule has 0 bridgehead atoms. The Balaban J connectivity index is 2.19. The van der Waals surface area contributed by atoms with Gasteiger partial charge in [-0.3, -0.25) is 4.79 Å². The van der Waals surface area contributed by atoms with E-state index in [0.29, 0.717) is 25.7 Å². The molecule has 0 aromatic rings. The fourth-order valence-electron chi connectivity index (χ4n) is 3.00. The van der Waals surface area contributed by atoms with Crippen LogP contribution in [0.15, 0.2) is 0 Å². The molecule has 2 atom stereocenters. The van der Waals surface area contributed by atoms with Gasteiger partial charge in [0.25, 0.3) is 10.0 Å². The lowest BCUT2D eigenvalue weighted by Gasteiger charge is -2.32. The number of alkyl halides is 2. The summed E-state index contributed by atoms with van der Waals surface area (Å²) in [5.41, 5.74) is 0. The third-order valence-corrected chi connectivity index (χ3v) is 5.42. The number of carbonyl (C=O) groups is 1. The highest BCUT2D eigenvalue weighted by Crippen LogP contribution is 2.35. The van der Waals surface area contributed by atoms with Crippen molar-refractivity contribution in [1.82, 2.24) is 4.31 Å². The van der Waals surface area contributed by atoms with Crippen molar-refractivity contribution in [3.8, 4) is 0 Å². The second kappa shape index (κ2) is 5.21. The van der Waals surface area contributed by atoms with Crippen molar-refractivity contribution in [2.75, 3.05) is 6.54 Å². The van der Waals surface area contributed by atoms with Gasteiger partial charge in [-0.2, -0.15) is 13.1 Å². The van der Waals surface area contributed by atoms with E-state index in [1.807, 2.05) is 0 Å². The number of hydrogen-bond acceptors (Lipinski definition) is 3. The minimum atomic E-state index is -4.55. The maximum Gasteiger partial charge on any atom is 0.350 e. The van der Waals surface area contributed by atoms with Gasteiger partial charge in [-0.1, -0.05) is 6.42 Å². The van der Waals surface area contributed by atoms with E-state index in [9.17, 15) is 22.0 Å². The Labute approximate surface area is 105 Å². The second-order valence-electron chi connectivity index (χ2n) is 4.94. The first-order chi connectivity index (χ1) is 8.44. The Bertz CT molecular complexity index is 424. The Morgan fingerprint density at radius 2 is 1.89 bits per heavy atom. The minimum Gasteiger partial charge on any atom is -0.299 e. The molecule has 1 heterocycles. The zero-order chi connectivity index (χ0) is 13.3. The number of Topliss-reactive ketones (excluding diaryl/α,β-unsaturated/α-hetero) is 1. The molecule has 0 aromatic carbocycles. The molecule has 1 aliphatic heterocycles. The zero-order valence-electron chi connectivity index (χ0n) is 10.0. The monoisotopic (exact) mass is 281 g/mol. The van der Waals surface area contributed by atoms with Gasteiger partial charge >= 0.3 is 5.76 Å². The summed E-state index contributed by atoms with van der Waals surface area (Å²) in [6.45, 7) is 0.112. The molecule has 1 saturated carbocycles. The van der Waals surface area contributed by atoms with Crippen LogP contribution >= 0.6 is 0 Å². The third-order valence-electron chi connectivity index (χ3n) is 3.87. The van der Waals surface area contributed by atoms with E-state index < -0.39 is 21.8 Å². The van der Waals surface area contributed by atoms with Crippen LogP contribution in [0.3, 0.4) is 0 Å². The Morgan fingerprint density at radius 1 is 1.17 bits per heavy atom. The van der Waals surface area contributed by atoms with Gasteiger partial charge in [0.15, 0.2) is 0 Å². The molecular weight excluding hydrogens is 264 g/mol. The van der Waals surface area contributed by atoms with Crippen molar-refractivity contribution < 1.29 is 22.0 Å². The van der Waals surface area contributed by atoms with Crippen LogP contribution in [0.1, 0.15) is 38.5 Å². The van der Waals surface area contributed by atoms with Crippen molar-refractivity contribution in [2.24, 2.45) is 5.92 Å². The number of carbonyl (C=O) groups excluding carboxylic acids is 1. The van der Waals surface area contributed by atoms with Crippen LogP contribution < -0.4 is 0 Å². The van der Waals surface area contributed by atoms with Crippen molar-refractivity contribution in [1.29, 1.82) is 0 Å². The lowest BCUT2D eigenvalue weighted by atomic mass is 9.82. The topological polar surface area (TPSA) is 54.5 Å². The van der Waals surface area contributed by atoms with Gasteiger partial charge in [0.2, 0.25) is 0 Å². The molecule has 0 spiro atoms. The molecule has 2 rings (SSSR count). The van der Waals surface area contributed by atoms with Gasteiger partial charge in [-0.15, -0.1) is 0 Å². The summed E-state index contributed by atoms with van der Waals surface area (Å²) < 4.78 is 49.2. The molecule has 2 fully saturated rings. The molecule has 0 radical (unpaired) electrons. The molecule has 1 saturated heterocycles. The molecule has 0 N–H and O–H groups in total. The zero-order valence-corrected chi connectivity index (χ0v) is 10.8. The van der Waals surface area contributed by atoms with Crippen molar-refractivity contribution in [3.63, 3.8) is 0 Å². The van der Waals surface area contributed by atoms with Gasteiger partial charge in [0, 0.05) is 24.9 Å². The molecule has 18 heavy (non-hydrogen) atoms. The first-order valence-electron chi connectivity index (χ1n) is 6.26. The van der Waals surface area contributed by atoms with Gasteiger partial charge in [-0.05, 0) is 25.7 Å². The molecule has 2 unspecified atom stereocenters. The van der Waals surface area contributed by atoms with E-state index in [1.54, 1.807) is 0 Å². The summed E-state index contributed by atoms with van der Waals surface area (Å²) >= 11 is 0. The Morgan fingerprint density at radius 3 is 2.50 bits per heavy atom. The largest absolute Gasteiger partial charge is 0.350 e. The van der Waals surface area contributed by atoms with Crippen molar-refractivity contribution in [2.45, 2.75) is 50.3 Å². The summed E-state index contributed by atoms with van der Waals surface area (Å²) in [7, 11) is -4.55. The highest BCUT2D eigenvalue weighted by Gasteiger charge is 2.45. The molecule has 1 aliphatic carbocycles. The summed E-state index contributed by atoms with van der Waals surface area (Å²) in [6.07, 6.45) is 3.84.